The molecule has 0 aliphatic carbocycles. The third kappa shape index (κ3) is 5.93. The summed E-state index contributed by atoms with van der Waals surface area (Å²) in [6, 6.07) is 18.3. The molecule has 33 heavy (non-hydrogen) atoms. The molecule has 1 unspecified atom stereocenters. The Balaban J connectivity index is 0.00000259. The molecule has 0 saturated heterocycles. The standard InChI is InChI=1S/C25H27N3O4.HI/c1-2-6-22-20(5-1)21(11-15-30-22)28-25(27-13-10-19-4-3-14-29-19)26-12-9-18-7-8-23-24(16-18)32-17-31-23;/h1-8,14,16,21H,9-13,15,17H2,(H2,26,27,28);1H. The van der Waals surface area contributed by atoms with Crippen molar-refractivity contribution in [3.8, 4) is 17.2 Å². The van der Waals surface area contributed by atoms with Crippen molar-refractivity contribution in [2.75, 3.05) is 26.5 Å². The summed E-state index contributed by atoms with van der Waals surface area (Å²) in [6.07, 6.45) is 4.19. The van der Waals surface area contributed by atoms with Crippen molar-refractivity contribution in [2.45, 2.75) is 25.3 Å². The first-order chi connectivity index (χ1) is 15.8. The van der Waals surface area contributed by atoms with Crippen molar-refractivity contribution in [1.82, 2.24) is 10.6 Å². The number of hydrogen-bond acceptors (Lipinski definition) is 5. The van der Waals surface area contributed by atoms with Gasteiger partial charge in [0.05, 0.1) is 18.9 Å². The highest BCUT2D eigenvalue weighted by Gasteiger charge is 2.22. The molecule has 0 spiro atoms. The summed E-state index contributed by atoms with van der Waals surface area (Å²) < 4.78 is 22.1. The number of ether oxygens (including phenoxy) is 3. The fourth-order valence-corrected chi connectivity index (χ4v) is 3.96. The van der Waals surface area contributed by atoms with E-state index in [9.17, 15) is 0 Å². The summed E-state index contributed by atoms with van der Waals surface area (Å²) in [7, 11) is 0. The Morgan fingerprint density at radius 3 is 2.76 bits per heavy atom. The van der Waals surface area contributed by atoms with E-state index in [1.54, 1.807) is 6.26 Å². The van der Waals surface area contributed by atoms with Gasteiger partial charge in [0.25, 0.3) is 0 Å². The molecular weight excluding hydrogens is 533 g/mol. The number of guanidine groups is 1. The number of nitrogens with zero attached hydrogens (tertiary/aromatic N) is 1. The van der Waals surface area contributed by atoms with Gasteiger partial charge in [0.15, 0.2) is 17.5 Å². The van der Waals surface area contributed by atoms with Gasteiger partial charge in [0.1, 0.15) is 11.5 Å². The van der Waals surface area contributed by atoms with Crippen LogP contribution in [0.2, 0.25) is 0 Å². The van der Waals surface area contributed by atoms with Gasteiger partial charge in [-0.2, -0.15) is 0 Å². The average molecular weight is 561 g/mol. The van der Waals surface area contributed by atoms with E-state index in [4.69, 9.17) is 23.6 Å². The van der Waals surface area contributed by atoms with Crippen LogP contribution in [0.5, 0.6) is 17.2 Å². The van der Waals surface area contributed by atoms with Crippen molar-refractivity contribution in [3.05, 3.63) is 77.7 Å². The third-order valence-corrected chi connectivity index (χ3v) is 5.62. The molecule has 0 fully saturated rings. The second kappa shape index (κ2) is 11.3. The molecule has 2 aliphatic rings. The maximum atomic E-state index is 5.81. The van der Waals surface area contributed by atoms with Crippen LogP contribution in [0.25, 0.3) is 0 Å². The van der Waals surface area contributed by atoms with Crippen LogP contribution in [0.15, 0.2) is 70.3 Å². The lowest BCUT2D eigenvalue weighted by molar-refractivity contribution is 0.174. The largest absolute Gasteiger partial charge is 0.493 e. The number of benzene rings is 2. The number of fused-ring (bicyclic) bond motifs is 2. The van der Waals surface area contributed by atoms with Crippen molar-refractivity contribution < 1.29 is 18.6 Å². The first-order valence-corrected chi connectivity index (χ1v) is 11.0. The molecule has 8 heteroatoms. The van der Waals surface area contributed by atoms with Gasteiger partial charge in [-0.15, -0.1) is 24.0 Å². The summed E-state index contributed by atoms with van der Waals surface area (Å²) in [6.45, 7) is 2.36. The first kappa shape index (κ1) is 23.3. The number of furan rings is 1. The zero-order valence-corrected chi connectivity index (χ0v) is 20.6. The minimum atomic E-state index is 0. The predicted octanol–water partition coefficient (Wildman–Crippen LogP) is 4.47. The lowest BCUT2D eigenvalue weighted by Gasteiger charge is -2.28. The highest BCUT2D eigenvalue weighted by atomic mass is 127. The zero-order chi connectivity index (χ0) is 21.6. The maximum Gasteiger partial charge on any atom is 0.231 e. The van der Waals surface area contributed by atoms with Gasteiger partial charge in [0.2, 0.25) is 6.79 Å². The third-order valence-electron chi connectivity index (χ3n) is 5.62. The van der Waals surface area contributed by atoms with Crippen LogP contribution < -0.4 is 24.8 Å². The van der Waals surface area contributed by atoms with Crippen LogP contribution in [0, 0.1) is 0 Å². The summed E-state index contributed by atoms with van der Waals surface area (Å²) in [4.78, 5) is 4.80. The molecule has 5 rings (SSSR count). The Bertz CT molecular complexity index is 1070. The summed E-state index contributed by atoms with van der Waals surface area (Å²) >= 11 is 0. The highest BCUT2D eigenvalue weighted by molar-refractivity contribution is 14.0. The Morgan fingerprint density at radius 2 is 1.85 bits per heavy atom. The van der Waals surface area contributed by atoms with Crippen LogP contribution >= 0.6 is 24.0 Å². The predicted molar refractivity (Wildman–Crippen MR) is 137 cm³/mol. The molecule has 2 N–H and O–H groups in total. The van der Waals surface area contributed by atoms with E-state index in [-0.39, 0.29) is 30.0 Å². The normalized spacial score (nSPS) is 16.4. The number of para-hydroxylation sites is 1. The van der Waals surface area contributed by atoms with Crippen LogP contribution in [-0.4, -0.2) is 32.4 Å². The molecule has 7 nitrogen and oxygen atoms in total. The van der Waals surface area contributed by atoms with Gasteiger partial charge >= 0.3 is 0 Å². The summed E-state index contributed by atoms with van der Waals surface area (Å²) in [5.41, 5.74) is 2.35. The Morgan fingerprint density at radius 1 is 0.939 bits per heavy atom. The molecule has 2 aromatic carbocycles. The van der Waals surface area contributed by atoms with E-state index in [2.05, 4.69) is 22.8 Å². The SMILES string of the molecule is I.c1coc(CCN=C(NCCc2ccc3c(c2)OCO3)NC2CCOc3ccccc32)c1. The van der Waals surface area contributed by atoms with Crippen LogP contribution in [0.1, 0.15) is 29.3 Å². The molecule has 3 aromatic rings. The summed E-state index contributed by atoms with van der Waals surface area (Å²) in [5, 5.41) is 7.09. The lowest BCUT2D eigenvalue weighted by atomic mass is 10.0. The molecule has 1 atom stereocenters. The van der Waals surface area contributed by atoms with E-state index in [0.29, 0.717) is 19.9 Å². The highest BCUT2D eigenvalue weighted by Crippen LogP contribution is 2.33. The van der Waals surface area contributed by atoms with E-state index in [1.165, 1.54) is 5.56 Å². The van der Waals surface area contributed by atoms with Gasteiger partial charge < -0.3 is 29.3 Å². The number of rotatable bonds is 7. The van der Waals surface area contributed by atoms with Crippen molar-refractivity contribution >= 4 is 29.9 Å². The molecule has 3 heterocycles. The van der Waals surface area contributed by atoms with Crippen LogP contribution in [-0.2, 0) is 12.8 Å². The minimum absolute atomic E-state index is 0. The Hall–Kier alpha value is -2.88. The molecule has 0 saturated carbocycles. The molecular formula is C25H28IN3O4. The van der Waals surface area contributed by atoms with Crippen molar-refractivity contribution in [3.63, 3.8) is 0 Å². The molecule has 0 amide bonds. The quantitative estimate of drug-likeness (QED) is 0.252. The smallest absolute Gasteiger partial charge is 0.231 e. The Kier molecular flexibility index (Phi) is 7.98. The van der Waals surface area contributed by atoms with E-state index in [0.717, 1.165) is 60.3 Å². The average Bonchev–Trinajstić information content (AvgIpc) is 3.51. The molecule has 0 bridgehead atoms. The zero-order valence-electron chi connectivity index (χ0n) is 18.3. The van der Waals surface area contributed by atoms with Crippen LogP contribution in [0.4, 0.5) is 0 Å². The van der Waals surface area contributed by atoms with Gasteiger partial charge in [-0.25, -0.2) is 0 Å². The number of hydrogen-bond donors (Lipinski definition) is 2. The lowest BCUT2D eigenvalue weighted by Crippen LogP contribution is -2.42. The maximum absolute atomic E-state index is 5.81. The van der Waals surface area contributed by atoms with Crippen LogP contribution in [0.3, 0.4) is 0 Å². The Labute approximate surface area is 210 Å². The molecule has 0 radical (unpaired) electrons. The van der Waals surface area contributed by atoms with Gasteiger partial charge in [-0.1, -0.05) is 24.3 Å². The van der Waals surface area contributed by atoms with E-state index in [1.807, 2.05) is 42.5 Å². The van der Waals surface area contributed by atoms with Crippen molar-refractivity contribution in [2.24, 2.45) is 4.99 Å². The fourth-order valence-electron chi connectivity index (χ4n) is 3.96. The number of halogens is 1. The number of aliphatic imine (C=N–C) groups is 1. The number of nitrogens with one attached hydrogen (secondary N) is 2. The van der Waals surface area contributed by atoms with Gasteiger partial charge in [0, 0.05) is 31.5 Å². The minimum Gasteiger partial charge on any atom is -0.493 e. The molecule has 1 aromatic heterocycles. The van der Waals surface area contributed by atoms with E-state index < -0.39 is 0 Å². The molecule has 174 valence electrons. The second-order valence-electron chi connectivity index (χ2n) is 7.80. The van der Waals surface area contributed by atoms with Gasteiger partial charge in [-0.3, -0.25) is 4.99 Å². The topological polar surface area (TPSA) is 77.3 Å². The summed E-state index contributed by atoms with van der Waals surface area (Å²) in [5.74, 6) is 4.28. The molecule has 2 aliphatic heterocycles. The fraction of sp³-hybridized carbons (Fsp3) is 0.320. The monoisotopic (exact) mass is 561 g/mol. The van der Waals surface area contributed by atoms with E-state index >= 15 is 0 Å². The van der Waals surface area contributed by atoms with Crippen molar-refractivity contribution in [1.29, 1.82) is 0 Å². The van der Waals surface area contributed by atoms with Gasteiger partial charge in [-0.05, 0) is 42.3 Å². The second-order valence-corrected chi connectivity index (χ2v) is 7.80. The first-order valence-electron chi connectivity index (χ1n) is 11.0.